The monoisotopic (exact) mass is 416 g/mol. The first-order valence-electron chi connectivity index (χ1n) is 8.76. The molecular weight excluding hydrogens is 396 g/mol. The molecule has 0 spiro atoms. The number of carbonyl (C=O) groups is 2. The Kier molecular flexibility index (Phi) is 7.14. The Morgan fingerprint density at radius 3 is 2.69 bits per heavy atom. The molecule has 0 fully saturated rings. The van der Waals surface area contributed by atoms with Gasteiger partial charge in [-0.05, 0) is 18.4 Å². The number of thioether (sulfide) groups is 1. The van der Waals surface area contributed by atoms with Gasteiger partial charge in [0.15, 0.2) is 11.8 Å². The van der Waals surface area contributed by atoms with Crippen LogP contribution in [-0.2, 0) is 25.7 Å². The normalized spacial score (nSPS) is 11.9. The number of hydrogen-bond acceptors (Lipinski definition) is 9. The molecule has 0 amide bonds. The molecule has 29 heavy (non-hydrogen) atoms. The summed E-state index contributed by atoms with van der Waals surface area (Å²) < 4.78 is 17.7. The van der Waals surface area contributed by atoms with Gasteiger partial charge < -0.3 is 14.2 Å². The lowest BCUT2D eigenvalue weighted by Crippen LogP contribution is -2.30. The summed E-state index contributed by atoms with van der Waals surface area (Å²) in [5.74, 6) is -0.988. The average Bonchev–Trinajstić information content (AvgIpc) is 3.15. The van der Waals surface area contributed by atoms with Crippen molar-refractivity contribution in [2.45, 2.75) is 24.8 Å². The Hall–Kier alpha value is -2.98. The van der Waals surface area contributed by atoms with Gasteiger partial charge in [0.25, 0.3) is 0 Å². The van der Waals surface area contributed by atoms with Crippen molar-refractivity contribution in [3.8, 4) is 0 Å². The first kappa shape index (κ1) is 20.7. The van der Waals surface area contributed by atoms with Crippen molar-refractivity contribution in [3.05, 3.63) is 48.4 Å². The second-order valence-corrected chi connectivity index (χ2v) is 6.76. The summed E-state index contributed by atoms with van der Waals surface area (Å²) in [5.41, 5.74) is 1.04. The lowest BCUT2D eigenvalue weighted by Gasteiger charge is -2.18. The first-order valence-corrected chi connectivity index (χ1v) is 9.98. The van der Waals surface area contributed by atoms with Gasteiger partial charge in [0.05, 0.1) is 23.8 Å². The van der Waals surface area contributed by atoms with E-state index in [2.05, 4.69) is 15.1 Å². The van der Waals surface area contributed by atoms with Crippen LogP contribution in [0, 0.1) is 0 Å². The van der Waals surface area contributed by atoms with Crippen LogP contribution in [-0.4, -0.2) is 57.3 Å². The van der Waals surface area contributed by atoms with Gasteiger partial charge in [-0.15, -0.1) is 11.8 Å². The molecule has 9 nitrogen and oxygen atoms in total. The van der Waals surface area contributed by atoms with Crippen molar-refractivity contribution in [2.75, 3.05) is 19.5 Å². The lowest BCUT2D eigenvalue weighted by molar-refractivity contribution is -0.145. The van der Waals surface area contributed by atoms with E-state index in [4.69, 9.17) is 14.2 Å². The standard InChI is InChI=1S/C19H20N4O5S/c1-13(24)27-10-15(28-19(25)14-6-4-3-5-7-14)9-26-12-23-17-16(8-22-23)18(29-2)21-11-20-17/h3-8,11,15H,9-10,12H2,1-2H3. The molecule has 0 aliphatic carbocycles. The maximum atomic E-state index is 12.3. The minimum Gasteiger partial charge on any atom is -0.462 e. The van der Waals surface area contributed by atoms with E-state index in [1.807, 2.05) is 6.26 Å². The summed E-state index contributed by atoms with van der Waals surface area (Å²) in [5, 5.41) is 5.92. The van der Waals surface area contributed by atoms with Crippen LogP contribution < -0.4 is 0 Å². The number of ether oxygens (including phenoxy) is 3. The highest BCUT2D eigenvalue weighted by Crippen LogP contribution is 2.21. The minimum atomic E-state index is -0.759. The van der Waals surface area contributed by atoms with Crippen LogP contribution in [0.3, 0.4) is 0 Å². The number of fused-ring (bicyclic) bond motifs is 1. The van der Waals surface area contributed by atoms with Crippen molar-refractivity contribution >= 4 is 34.7 Å². The van der Waals surface area contributed by atoms with E-state index in [0.29, 0.717) is 11.2 Å². The molecule has 0 aliphatic heterocycles. The Bertz CT molecular complexity index is 979. The summed E-state index contributed by atoms with van der Waals surface area (Å²) in [4.78, 5) is 31.9. The Balaban J connectivity index is 1.62. The van der Waals surface area contributed by atoms with E-state index in [9.17, 15) is 9.59 Å². The number of benzene rings is 1. The molecule has 0 saturated carbocycles. The molecular formula is C19H20N4O5S. The van der Waals surface area contributed by atoms with Crippen LogP contribution in [0.15, 0.2) is 47.9 Å². The summed E-state index contributed by atoms with van der Waals surface area (Å²) in [6.45, 7) is 1.30. The third-order valence-electron chi connectivity index (χ3n) is 3.86. The smallest absolute Gasteiger partial charge is 0.338 e. The van der Waals surface area contributed by atoms with Crippen molar-refractivity contribution in [2.24, 2.45) is 0 Å². The third kappa shape index (κ3) is 5.52. The Labute approximate surface area is 171 Å². The number of carbonyl (C=O) groups excluding carboxylic acids is 2. The van der Waals surface area contributed by atoms with Crippen LogP contribution in [0.4, 0.5) is 0 Å². The molecule has 1 atom stereocenters. The van der Waals surface area contributed by atoms with E-state index in [1.54, 1.807) is 41.2 Å². The van der Waals surface area contributed by atoms with Gasteiger partial charge in [-0.3, -0.25) is 4.79 Å². The summed E-state index contributed by atoms with van der Waals surface area (Å²) >= 11 is 1.50. The van der Waals surface area contributed by atoms with Gasteiger partial charge >= 0.3 is 11.9 Å². The molecule has 0 radical (unpaired) electrons. The van der Waals surface area contributed by atoms with Gasteiger partial charge in [0.1, 0.15) is 24.7 Å². The molecule has 3 rings (SSSR count). The fourth-order valence-corrected chi connectivity index (χ4v) is 3.04. The maximum absolute atomic E-state index is 12.3. The zero-order chi connectivity index (χ0) is 20.6. The van der Waals surface area contributed by atoms with Crippen LogP contribution in [0.2, 0.25) is 0 Å². The topological polar surface area (TPSA) is 105 Å². The van der Waals surface area contributed by atoms with E-state index < -0.39 is 18.0 Å². The predicted molar refractivity (Wildman–Crippen MR) is 105 cm³/mol. The number of hydrogen-bond donors (Lipinski definition) is 0. The summed E-state index contributed by atoms with van der Waals surface area (Å²) in [6.07, 6.45) is 4.31. The number of aromatic nitrogens is 4. The van der Waals surface area contributed by atoms with Crippen LogP contribution in [0.5, 0.6) is 0 Å². The SMILES string of the molecule is CSc1ncnc2c1cnn2COCC(COC(C)=O)OC(=O)c1ccccc1. The highest BCUT2D eigenvalue weighted by Gasteiger charge is 2.18. The minimum absolute atomic E-state index is 0.0215. The quantitative estimate of drug-likeness (QED) is 0.295. The lowest BCUT2D eigenvalue weighted by atomic mass is 10.2. The second-order valence-electron chi connectivity index (χ2n) is 5.96. The molecule has 2 aromatic heterocycles. The Morgan fingerprint density at radius 1 is 1.17 bits per heavy atom. The van der Waals surface area contributed by atoms with E-state index in [0.717, 1.165) is 10.4 Å². The van der Waals surface area contributed by atoms with Crippen molar-refractivity contribution < 1.29 is 23.8 Å². The summed E-state index contributed by atoms with van der Waals surface area (Å²) in [7, 11) is 0. The molecule has 0 saturated heterocycles. The van der Waals surface area contributed by atoms with Crippen molar-refractivity contribution in [3.63, 3.8) is 0 Å². The molecule has 152 valence electrons. The number of rotatable bonds is 9. The highest BCUT2D eigenvalue weighted by molar-refractivity contribution is 7.98. The van der Waals surface area contributed by atoms with Crippen molar-refractivity contribution in [1.29, 1.82) is 0 Å². The molecule has 0 bridgehead atoms. The largest absolute Gasteiger partial charge is 0.462 e. The predicted octanol–water partition coefficient (Wildman–Crippen LogP) is 2.31. The van der Waals surface area contributed by atoms with Gasteiger partial charge in [0, 0.05) is 6.92 Å². The molecule has 3 aromatic rings. The molecule has 2 heterocycles. The second kappa shape index (κ2) is 9.99. The Morgan fingerprint density at radius 2 is 1.97 bits per heavy atom. The van der Waals surface area contributed by atoms with Gasteiger partial charge in [-0.1, -0.05) is 18.2 Å². The molecule has 1 unspecified atom stereocenters. The zero-order valence-corrected chi connectivity index (χ0v) is 16.8. The van der Waals surface area contributed by atoms with Gasteiger partial charge in [-0.2, -0.15) is 5.10 Å². The van der Waals surface area contributed by atoms with Crippen LogP contribution >= 0.6 is 11.8 Å². The van der Waals surface area contributed by atoms with E-state index in [-0.39, 0.29) is 19.9 Å². The average molecular weight is 416 g/mol. The first-order chi connectivity index (χ1) is 14.1. The van der Waals surface area contributed by atoms with Gasteiger partial charge in [0.2, 0.25) is 0 Å². The van der Waals surface area contributed by atoms with Crippen LogP contribution in [0.25, 0.3) is 11.0 Å². The fourth-order valence-electron chi connectivity index (χ4n) is 2.52. The molecule has 0 aliphatic rings. The van der Waals surface area contributed by atoms with E-state index >= 15 is 0 Å². The third-order valence-corrected chi connectivity index (χ3v) is 4.58. The fraction of sp³-hybridized carbons (Fsp3) is 0.316. The highest BCUT2D eigenvalue weighted by atomic mass is 32.2. The maximum Gasteiger partial charge on any atom is 0.338 e. The van der Waals surface area contributed by atoms with Gasteiger partial charge in [-0.25, -0.2) is 19.4 Å². The molecule has 1 aromatic carbocycles. The zero-order valence-electron chi connectivity index (χ0n) is 16.0. The molecule has 0 N–H and O–H groups in total. The summed E-state index contributed by atoms with van der Waals surface area (Å²) in [6, 6.07) is 8.57. The number of esters is 2. The number of nitrogens with zero attached hydrogens (tertiary/aromatic N) is 4. The van der Waals surface area contributed by atoms with Crippen molar-refractivity contribution in [1.82, 2.24) is 19.7 Å². The molecule has 10 heteroatoms. The van der Waals surface area contributed by atoms with E-state index in [1.165, 1.54) is 25.0 Å². The van der Waals surface area contributed by atoms with Crippen LogP contribution in [0.1, 0.15) is 17.3 Å².